The molecule has 1 amide bonds. The van der Waals surface area contributed by atoms with Gasteiger partial charge in [0.05, 0.1) is 34.1 Å². The van der Waals surface area contributed by atoms with E-state index in [1.807, 2.05) is 30.3 Å². The zero-order chi connectivity index (χ0) is 30.5. The van der Waals surface area contributed by atoms with Gasteiger partial charge in [0.15, 0.2) is 0 Å². The van der Waals surface area contributed by atoms with Crippen LogP contribution >= 0.6 is 11.3 Å². The minimum absolute atomic E-state index is 0.290. The zero-order valence-corrected chi connectivity index (χ0v) is 25.4. The van der Waals surface area contributed by atoms with Crippen molar-refractivity contribution in [1.29, 1.82) is 0 Å². The lowest BCUT2D eigenvalue weighted by atomic mass is 9.98. The van der Waals surface area contributed by atoms with Crippen LogP contribution in [0, 0.1) is 5.82 Å². The van der Waals surface area contributed by atoms with Crippen molar-refractivity contribution >= 4 is 59.7 Å². The Bertz CT molecular complexity index is 2100. The van der Waals surface area contributed by atoms with Gasteiger partial charge in [0.1, 0.15) is 17.2 Å². The number of furan rings is 1. The highest BCUT2D eigenvalue weighted by molar-refractivity contribution is 8.00. The molecule has 4 aromatic heterocycles. The number of thiophene rings is 1. The van der Waals surface area contributed by atoms with Crippen molar-refractivity contribution in [1.82, 2.24) is 15.3 Å². The van der Waals surface area contributed by atoms with Gasteiger partial charge in [-0.05, 0) is 60.5 Å². The fourth-order valence-electron chi connectivity index (χ4n) is 4.93. The Hall–Kier alpha value is -4.74. The number of nitrogens with one attached hydrogen (secondary N) is 1. The first-order valence-electron chi connectivity index (χ1n) is 13.1. The minimum atomic E-state index is -2.71. The van der Waals surface area contributed by atoms with E-state index in [0.29, 0.717) is 50.6 Å². The summed E-state index contributed by atoms with van der Waals surface area (Å²) in [6.45, 7) is 0. The van der Waals surface area contributed by atoms with E-state index in [1.165, 1.54) is 19.2 Å². The van der Waals surface area contributed by atoms with Gasteiger partial charge in [-0.25, -0.2) is 13.6 Å². The van der Waals surface area contributed by atoms with Crippen molar-refractivity contribution in [2.75, 3.05) is 31.8 Å². The lowest BCUT2D eigenvalue weighted by molar-refractivity contribution is 0.0964. The number of ether oxygens (including phenoxy) is 1. The standard InChI is InChI=1S/C32H27FN4O4S2/c1-34-31(38)29-22-14-21(19-13-23(32(40-3)36-17-19)28-15-24-27(42-28)7-6-12-35-24)25(37(2)43(4,5)39)16-26(22)41-30(29)18-8-10-20(33)11-9-18/h6-17H,4H2,1-3,5H3,(H,34,38). The molecular formula is C32H27FN4O4S2. The van der Waals surface area contributed by atoms with Gasteiger partial charge in [-0.3, -0.25) is 9.78 Å². The molecule has 2 aromatic carbocycles. The number of carbonyl (C=O) groups is 1. The molecule has 43 heavy (non-hydrogen) atoms. The quantitative estimate of drug-likeness (QED) is 0.203. The number of carbonyl (C=O) groups excluding carboxylic acids is 1. The maximum absolute atomic E-state index is 13.7. The molecule has 6 aromatic rings. The number of nitrogens with zero attached hydrogens (tertiary/aromatic N) is 3. The summed E-state index contributed by atoms with van der Waals surface area (Å²) in [5, 5.41) is 3.22. The third-order valence-electron chi connectivity index (χ3n) is 7.19. The summed E-state index contributed by atoms with van der Waals surface area (Å²) in [6.07, 6.45) is 4.97. The van der Waals surface area contributed by atoms with E-state index >= 15 is 0 Å². The van der Waals surface area contributed by atoms with Crippen LogP contribution in [0.4, 0.5) is 10.1 Å². The Morgan fingerprint density at radius 3 is 2.53 bits per heavy atom. The van der Waals surface area contributed by atoms with Crippen LogP contribution in [0.1, 0.15) is 10.4 Å². The summed E-state index contributed by atoms with van der Waals surface area (Å²) in [5.41, 5.74) is 4.76. The molecule has 1 N–H and O–H groups in total. The summed E-state index contributed by atoms with van der Waals surface area (Å²) in [5.74, 6) is 3.84. The topological polar surface area (TPSA) is 97.6 Å². The molecule has 0 aliphatic rings. The molecule has 11 heteroatoms. The van der Waals surface area contributed by atoms with E-state index in [-0.39, 0.29) is 5.91 Å². The summed E-state index contributed by atoms with van der Waals surface area (Å²) >= 11 is 1.57. The average Bonchev–Trinajstić information content (AvgIpc) is 3.61. The molecule has 0 saturated heterocycles. The SMILES string of the molecule is C=S(C)(=O)N(C)c1cc2oc(-c3ccc(F)cc3)c(C(=O)NC)c2cc1-c1cnc(OC)c(-c2cc3ncccc3s2)c1. The number of amides is 1. The lowest BCUT2D eigenvalue weighted by Crippen LogP contribution is -2.25. The fourth-order valence-corrected chi connectivity index (χ4v) is 6.52. The van der Waals surface area contributed by atoms with Gasteiger partial charge in [-0.15, -0.1) is 11.3 Å². The third-order valence-corrected chi connectivity index (χ3v) is 9.67. The zero-order valence-electron chi connectivity index (χ0n) is 23.8. The van der Waals surface area contributed by atoms with Crippen LogP contribution in [0.15, 0.2) is 77.5 Å². The average molecular weight is 615 g/mol. The van der Waals surface area contributed by atoms with Gasteiger partial charge in [0, 0.05) is 75.5 Å². The summed E-state index contributed by atoms with van der Waals surface area (Å²) in [4.78, 5) is 23.2. The molecule has 0 fully saturated rings. The van der Waals surface area contributed by atoms with E-state index in [0.717, 1.165) is 20.7 Å². The second kappa shape index (κ2) is 10.8. The van der Waals surface area contributed by atoms with Crippen LogP contribution in [0.5, 0.6) is 5.88 Å². The maximum Gasteiger partial charge on any atom is 0.255 e. The van der Waals surface area contributed by atoms with Crippen LogP contribution < -0.4 is 14.4 Å². The number of fused-ring (bicyclic) bond motifs is 2. The first kappa shape index (κ1) is 28.4. The smallest absolute Gasteiger partial charge is 0.255 e. The molecule has 6 rings (SSSR count). The van der Waals surface area contributed by atoms with Crippen LogP contribution in [-0.4, -0.2) is 53.4 Å². The Kier molecular flexibility index (Phi) is 7.15. The molecule has 0 aliphatic carbocycles. The molecule has 1 unspecified atom stereocenters. The summed E-state index contributed by atoms with van der Waals surface area (Å²) < 4.78 is 41.4. The van der Waals surface area contributed by atoms with Crippen molar-refractivity contribution in [2.24, 2.45) is 0 Å². The van der Waals surface area contributed by atoms with Gasteiger partial charge in [-0.1, -0.05) is 0 Å². The highest BCUT2D eigenvalue weighted by Crippen LogP contribution is 2.44. The number of aromatic nitrogens is 2. The predicted octanol–water partition coefficient (Wildman–Crippen LogP) is 6.64. The third kappa shape index (κ3) is 5.10. The summed E-state index contributed by atoms with van der Waals surface area (Å²) in [6, 6.07) is 17.1. The van der Waals surface area contributed by atoms with E-state index in [1.54, 1.807) is 66.6 Å². The van der Waals surface area contributed by atoms with E-state index in [4.69, 9.17) is 9.15 Å². The largest absolute Gasteiger partial charge is 0.481 e. The number of hydrogen-bond donors (Lipinski definition) is 1. The molecule has 0 aliphatic heterocycles. The molecule has 218 valence electrons. The molecular weight excluding hydrogens is 588 g/mol. The highest BCUT2D eigenvalue weighted by Gasteiger charge is 2.26. The van der Waals surface area contributed by atoms with Gasteiger partial charge < -0.3 is 18.8 Å². The summed E-state index contributed by atoms with van der Waals surface area (Å²) in [7, 11) is 2.08. The van der Waals surface area contributed by atoms with Crippen molar-refractivity contribution in [2.45, 2.75) is 0 Å². The van der Waals surface area contributed by atoms with Gasteiger partial charge in [0.25, 0.3) is 5.91 Å². The number of methoxy groups -OCH3 is 1. The van der Waals surface area contributed by atoms with Gasteiger partial charge >= 0.3 is 0 Å². The molecule has 8 nitrogen and oxygen atoms in total. The van der Waals surface area contributed by atoms with Crippen LogP contribution in [0.2, 0.25) is 0 Å². The molecule has 4 heterocycles. The Morgan fingerprint density at radius 2 is 1.86 bits per heavy atom. The lowest BCUT2D eigenvalue weighted by Gasteiger charge is -2.24. The number of anilines is 1. The van der Waals surface area contributed by atoms with E-state index < -0.39 is 15.5 Å². The number of hydrogen-bond acceptors (Lipinski definition) is 7. The molecule has 0 bridgehead atoms. The number of pyridine rings is 2. The molecule has 0 spiro atoms. The van der Waals surface area contributed by atoms with E-state index in [2.05, 4.69) is 21.2 Å². The Labute approximate surface area is 251 Å². The normalized spacial score (nSPS) is 12.8. The van der Waals surface area contributed by atoms with E-state index in [9.17, 15) is 13.4 Å². The van der Waals surface area contributed by atoms with Crippen molar-refractivity contribution in [3.05, 3.63) is 84.4 Å². The fraction of sp³-hybridized carbons (Fsp3) is 0.125. The van der Waals surface area contributed by atoms with Crippen molar-refractivity contribution < 1.29 is 22.5 Å². The van der Waals surface area contributed by atoms with Crippen LogP contribution in [-0.2, 0) is 9.71 Å². The second-order valence-corrected chi connectivity index (χ2v) is 13.5. The van der Waals surface area contributed by atoms with Crippen molar-refractivity contribution in [3.8, 4) is 38.8 Å². The number of benzene rings is 2. The van der Waals surface area contributed by atoms with Crippen LogP contribution in [0.25, 0.3) is 54.1 Å². The molecule has 1 atom stereocenters. The first-order valence-corrected chi connectivity index (χ1v) is 16.0. The minimum Gasteiger partial charge on any atom is -0.481 e. The van der Waals surface area contributed by atoms with Gasteiger partial charge in [-0.2, -0.15) is 0 Å². The highest BCUT2D eigenvalue weighted by atomic mass is 32.2. The predicted molar refractivity (Wildman–Crippen MR) is 173 cm³/mol. The monoisotopic (exact) mass is 614 g/mol. The van der Waals surface area contributed by atoms with Crippen molar-refractivity contribution in [3.63, 3.8) is 0 Å². The number of rotatable bonds is 7. The van der Waals surface area contributed by atoms with Crippen LogP contribution in [0.3, 0.4) is 0 Å². The Morgan fingerprint density at radius 1 is 1.09 bits per heavy atom. The molecule has 0 radical (unpaired) electrons. The maximum atomic E-state index is 13.7. The first-order chi connectivity index (χ1) is 20.6. The second-order valence-electron chi connectivity index (χ2n) is 9.99. The number of halogens is 1. The molecule has 0 saturated carbocycles. The van der Waals surface area contributed by atoms with Gasteiger partial charge in [0.2, 0.25) is 5.88 Å². The Balaban J connectivity index is 1.64.